The van der Waals surface area contributed by atoms with E-state index in [2.05, 4.69) is 127 Å². The zero-order chi connectivity index (χ0) is 12.7. The predicted molar refractivity (Wildman–Crippen MR) is 95.1 cm³/mol. The zero-order valence-electron chi connectivity index (χ0n) is 7.18. The molecule has 1 N–H and O–H groups in total. The summed E-state index contributed by atoms with van der Waals surface area (Å²) in [4.78, 5) is 0. The lowest BCUT2D eigenvalue weighted by Gasteiger charge is -2.47. The normalized spacial score (nSPS) is 15.6. The van der Waals surface area contributed by atoms with Gasteiger partial charge in [-0.1, -0.05) is 127 Å². The minimum absolute atomic E-state index is 0.126. The molecule has 0 aromatic carbocycles. The third-order valence-electron chi connectivity index (χ3n) is 1.60. The Morgan fingerprint density at radius 1 is 0.800 bits per heavy atom. The number of aliphatic hydroxyl groups excluding tert-OH is 1. The van der Waals surface area contributed by atoms with Crippen LogP contribution in [0.25, 0.3) is 0 Å². The first kappa shape index (κ1) is 18.8. The van der Waals surface area contributed by atoms with E-state index in [-0.39, 0.29) is 6.61 Å². The summed E-state index contributed by atoms with van der Waals surface area (Å²) in [6.07, 6.45) is 0. The Morgan fingerprint density at radius 3 is 1.33 bits per heavy atom. The van der Waals surface area contributed by atoms with Gasteiger partial charge >= 0.3 is 0 Å². The van der Waals surface area contributed by atoms with Gasteiger partial charge in [-0.25, -0.2) is 0 Å². The van der Waals surface area contributed by atoms with E-state index in [1.54, 1.807) is 0 Å². The Labute approximate surface area is 156 Å². The van der Waals surface area contributed by atoms with Crippen LogP contribution in [0.1, 0.15) is 6.92 Å². The zero-order valence-corrected chi connectivity index (χ0v) is 19.9. The molecule has 0 unspecified atom stereocenters. The third kappa shape index (κ3) is 3.89. The van der Waals surface area contributed by atoms with E-state index in [1.807, 2.05) is 6.92 Å². The molecule has 0 amide bonds. The Hall–Kier alpha value is 3.80. The molecule has 0 rings (SSSR count). The van der Waals surface area contributed by atoms with Crippen molar-refractivity contribution in [3.63, 3.8) is 0 Å². The molecule has 0 aliphatic carbocycles. The monoisotopic (exact) mass is 725 g/mol. The van der Waals surface area contributed by atoms with Gasteiger partial charge in [-0.15, -0.1) is 0 Å². The van der Waals surface area contributed by atoms with Gasteiger partial charge in [0.05, 0.1) is 6.61 Å². The van der Waals surface area contributed by atoms with Gasteiger partial charge in [0.2, 0.25) is 0 Å². The van der Waals surface area contributed by atoms with Crippen molar-refractivity contribution in [2.45, 2.75) is 19.9 Å². The molecule has 0 fully saturated rings. The molecule has 15 heavy (non-hydrogen) atoms. The second-order valence-electron chi connectivity index (χ2n) is 2.90. The molecule has 0 spiro atoms. The standard InChI is InChI=1S/C6H6Br8O/c1-3(7,8)5(11,12)6(13,14)4(9,10)2-15/h15H,2H2,1H3. The molecular formula is C6H6Br8O. The van der Waals surface area contributed by atoms with Crippen LogP contribution in [0.3, 0.4) is 0 Å². The topological polar surface area (TPSA) is 20.2 Å². The van der Waals surface area contributed by atoms with E-state index in [1.165, 1.54) is 0 Å². The van der Waals surface area contributed by atoms with Crippen molar-refractivity contribution in [2.24, 2.45) is 0 Å². The van der Waals surface area contributed by atoms with E-state index in [9.17, 15) is 5.11 Å². The van der Waals surface area contributed by atoms with Gasteiger partial charge < -0.3 is 5.11 Å². The fourth-order valence-corrected chi connectivity index (χ4v) is 5.64. The Morgan fingerprint density at radius 2 is 1.13 bits per heavy atom. The molecule has 0 heterocycles. The van der Waals surface area contributed by atoms with Crippen LogP contribution in [0.15, 0.2) is 0 Å². The summed E-state index contributed by atoms with van der Waals surface area (Å²) < 4.78 is -2.60. The highest BCUT2D eigenvalue weighted by molar-refractivity contribution is 9.34. The second kappa shape index (κ2) is 6.06. The van der Waals surface area contributed by atoms with E-state index >= 15 is 0 Å². The van der Waals surface area contributed by atoms with Crippen molar-refractivity contribution in [1.29, 1.82) is 0 Å². The van der Waals surface area contributed by atoms with E-state index < -0.39 is 12.9 Å². The summed E-state index contributed by atoms with van der Waals surface area (Å²) in [6.45, 7) is 1.79. The third-order valence-corrected chi connectivity index (χ3v) is 16.2. The number of alkyl halides is 8. The Balaban J connectivity index is 5.38. The lowest BCUT2D eigenvalue weighted by molar-refractivity contribution is 0.282. The quantitative estimate of drug-likeness (QED) is 0.355. The van der Waals surface area contributed by atoms with Gasteiger partial charge in [-0.2, -0.15) is 0 Å². The molecule has 0 radical (unpaired) electrons. The molecule has 0 bridgehead atoms. The highest BCUT2D eigenvalue weighted by atomic mass is 79.9. The molecule has 0 aromatic heterocycles. The maximum atomic E-state index is 9.33. The summed E-state index contributed by atoms with van der Waals surface area (Å²) in [5.74, 6) is 0. The second-order valence-corrected chi connectivity index (χ2v) is 17.8. The molecule has 0 atom stereocenters. The molecule has 0 aromatic rings. The maximum absolute atomic E-state index is 9.33. The minimum Gasteiger partial charge on any atom is -0.394 e. The smallest absolute Gasteiger partial charge is 0.135 e. The van der Waals surface area contributed by atoms with Crippen LogP contribution in [-0.2, 0) is 0 Å². The predicted octanol–water partition coefficient (Wildman–Crippen LogP) is 5.94. The van der Waals surface area contributed by atoms with Crippen molar-refractivity contribution in [2.75, 3.05) is 6.61 Å². The van der Waals surface area contributed by atoms with Gasteiger partial charge in [0.15, 0.2) is 0 Å². The van der Waals surface area contributed by atoms with Crippen LogP contribution in [0.5, 0.6) is 0 Å². The maximum Gasteiger partial charge on any atom is 0.135 e. The molecule has 0 saturated carbocycles. The first-order chi connectivity index (χ1) is 6.31. The number of hydrogen-bond acceptors (Lipinski definition) is 1. The number of halogens is 8. The highest BCUT2D eigenvalue weighted by Gasteiger charge is 2.63. The molecule has 0 aliphatic heterocycles. The summed E-state index contributed by atoms with van der Waals surface area (Å²) >= 11 is 28.0. The molecule has 0 saturated heterocycles. The summed E-state index contributed by atoms with van der Waals surface area (Å²) in [5, 5.41) is 9.33. The number of rotatable bonds is 4. The van der Waals surface area contributed by atoms with Crippen molar-refractivity contribution >= 4 is 127 Å². The van der Waals surface area contributed by atoms with Gasteiger partial charge in [-0.3, -0.25) is 0 Å². The van der Waals surface area contributed by atoms with Crippen LogP contribution in [-0.4, -0.2) is 24.6 Å². The molecule has 0 aliphatic rings. The lowest BCUT2D eigenvalue weighted by atomic mass is 10.2. The van der Waals surface area contributed by atoms with Gasteiger partial charge in [0.25, 0.3) is 0 Å². The largest absolute Gasteiger partial charge is 0.394 e. The molecular weight excluding hydrogens is 727 g/mol. The van der Waals surface area contributed by atoms with Crippen LogP contribution in [0, 0.1) is 0 Å². The van der Waals surface area contributed by atoms with Crippen molar-refractivity contribution in [3.05, 3.63) is 0 Å². The summed E-state index contributed by atoms with van der Waals surface area (Å²) in [6, 6.07) is 0. The van der Waals surface area contributed by atoms with Crippen molar-refractivity contribution in [1.82, 2.24) is 0 Å². The highest BCUT2D eigenvalue weighted by Crippen LogP contribution is 2.66. The SMILES string of the molecule is CC(Br)(Br)C(Br)(Br)C(Br)(Br)C(Br)(Br)CO. The van der Waals surface area contributed by atoms with Gasteiger partial charge in [0.1, 0.15) is 12.9 Å². The minimum atomic E-state index is -0.761. The number of aliphatic hydroxyl groups is 1. The van der Waals surface area contributed by atoms with Gasteiger partial charge in [0, 0.05) is 0 Å². The summed E-state index contributed by atoms with van der Waals surface area (Å²) in [5.41, 5.74) is 0. The average Bonchev–Trinajstić information content (AvgIpc) is 2.01. The fourth-order valence-electron chi connectivity index (χ4n) is 0.605. The van der Waals surface area contributed by atoms with Crippen molar-refractivity contribution < 1.29 is 5.11 Å². The number of hydrogen-bond donors (Lipinski definition) is 1. The lowest BCUT2D eigenvalue weighted by Crippen LogP contribution is -2.55. The van der Waals surface area contributed by atoms with E-state index in [0.717, 1.165) is 0 Å². The van der Waals surface area contributed by atoms with Crippen LogP contribution in [0.2, 0.25) is 0 Å². The van der Waals surface area contributed by atoms with Crippen molar-refractivity contribution in [3.8, 4) is 0 Å². The van der Waals surface area contributed by atoms with E-state index in [4.69, 9.17) is 0 Å². The Bertz CT molecular complexity index is 230. The van der Waals surface area contributed by atoms with Gasteiger partial charge in [-0.05, 0) is 6.92 Å². The van der Waals surface area contributed by atoms with Crippen LogP contribution in [0.4, 0.5) is 0 Å². The molecule has 9 heteroatoms. The Kier molecular flexibility index (Phi) is 7.59. The molecule has 92 valence electrons. The molecule has 1 nitrogen and oxygen atoms in total. The van der Waals surface area contributed by atoms with Crippen LogP contribution >= 0.6 is 127 Å². The fraction of sp³-hybridized carbons (Fsp3) is 1.00. The first-order valence-corrected chi connectivity index (χ1v) is 9.78. The average molecular weight is 733 g/mol. The first-order valence-electron chi connectivity index (χ1n) is 3.43. The van der Waals surface area contributed by atoms with E-state index in [0.29, 0.717) is 0 Å². The van der Waals surface area contributed by atoms with Crippen LogP contribution < -0.4 is 0 Å². The summed E-state index contributed by atoms with van der Waals surface area (Å²) in [7, 11) is 0.